The SMILES string of the molecule is CC1(C)CCC(CN2CCN(c3ccc(C(N)=O)c(Oc4cnc5c(c4)CC=N5)c3)CC2)=C(c2ccc(Cl)cc2)C1. The molecule has 2 aromatic carbocycles. The van der Waals surface area contributed by atoms with E-state index in [9.17, 15) is 4.79 Å². The van der Waals surface area contributed by atoms with Crippen LogP contribution >= 0.6 is 11.6 Å². The number of piperazine rings is 1. The van der Waals surface area contributed by atoms with Gasteiger partial charge in [-0.25, -0.2) is 9.98 Å². The Morgan fingerprint density at radius 3 is 2.61 bits per heavy atom. The van der Waals surface area contributed by atoms with Gasteiger partial charge >= 0.3 is 0 Å². The summed E-state index contributed by atoms with van der Waals surface area (Å²) in [6.45, 7) is 9.44. The van der Waals surface area contributed by atoms with Gasteiger partial charge in [-0.1, -0.05) is 43.2 Å². The average molecular weight is 570 g/mol. The summed E-state index contributed by atoms with van der Waals surface area (Å²) in [5.41, 5.74) is 12.7. The lowest BCUT2D eigenvalue weighted by atomic mass is 9.72. The lowest BCUT2D eigenvalue weighted by Crippen LogP contribution is -2.47. The van der Waals surface area contributed by atoms with E-state index in [-0.39, 0.29) is 0 Å². The van der Waals surface area contributed by atoms with E-state index < -0.39 is 5.91 Å². The minimum Gasteiger partial charge on any atom is -0.455 e. The summed E-state index contributed by atoms with van der Waals surface area (Å²) in [6.07, 6.45) is 7.62. The van der Waals surface area contributed by atoms with E-state index in [1.54, 1.807) is 17.8 Å². The zero-order valence-electron chi connectivity index (χ0n) is 23.7. The highest BCUT2D eigenvalue weighted by Gasteiger charge is 2.29. The second-order valence-electron chi connectivity index (χ2n) is 12.0. The van der Waals surface area contributed by atoms with Crippen LogP contribution in [0.5, 0.6) is 11.5 Å². The van der Waals surface area contributed by atoms with E-state index in [0.29, 0.717) is 28.3 Å². The molecule has 2 aliphatic heterocycles. The average Bonchev–Trinajstić information content (AvgIpc) is 3.43. The summed E-state index contributed by atoms with van der Waals surface area (Å²) in [6, 6.07) is 15.9. The molecular formula is C33H36ClN5O2. The number of nitrogens with two attached hydrogens (primary N) is 1. The van der Waals surface area contributed by atoms with Gasteiger partial charge in [0.25, 0.3) is 5.91 Å². The summed E-state index contributed by atoms with van der Waals surface area (Å²) in [5, 5.41) is 0.776. The first-order valence-corrected chi connectivity index (χ1v) is 14.7. The van der Waals surface area contributed by atoms with Crippen LogP contribution in [0.2, 0.25) is 5.02 Å². The van der Waals surface area contributed by atoms with Gasteiger partial charge in [-0.2, -0.15) is 0 Å². The fraction of sp³-hybridized carbons (Fsp3) is 0.364. The minimum atomic E-state index is -0.519. The minimum absolute atomic E-state index is 0.303. The molecule has 212 valence electrons. The Bertz CT molecular complexity index is 1520. The number of pyridine rings is 1. The normalized spacial score (nSPS) is 18.5. The van der Waals surface area contributed by atoms with Crippen molar-refractivity contribution in [3.8, 4) is 11.5 Å². The highest BCUT2D eigenvalue weighted by molar-refractivity contribution is 6.30. The molecule has 0 bridgehead atoms. The van der Waals surface area contributed by atoms with Crippen molar-refractivity contribution in [2.45, 2.75) is 39.5 Å². The number of carbonyl (C=O) groups is 1. The molecule has 0 saturated carbocycles. The zero-order valence-corrected chi connectivity index (χ0v) is 24.5. The van der Waals surface area contributed by atoms with Gasteiger partial charge in [-0.3, -0.25) is 9.69 Å². The topological polar surface area (TPSA) is 84.0 Å². The standard InChI is InChI=1S/C33H36ClN5O2/c1-33(2)11-9-24(29(19-33)22-3-5-25(34)6-4-22)21-38-13-15-39(16-14-38)26-7-8-28(31(35)40)30(18-26)41-27-17-23-10-12-36-32(23)37-20-27/h3-8,12,17-18,20H,9-11,13-16,19,21H2,1-2H3,(H2,35,40). The first-order chi connectivity index (χ1) is 19.7. The fourth-order valence-electron chi connectivity index (χ4n) is 6.05. The third-order valence-corrected chi connectivity index (χ3v) is 8.68. The molecule has 0 unspecified atom stereocenters. The summed E-state index contributed by atoms with van der Waals surface area (Å²) >= 11 is 6.19. The Morgan fingerprint density at radius 1 is 1.07 bits per heavy atom. The lowest BCUT2D eigenvalue weighted by Gasteiger charge is -2.39. The van der Waals surface area contributed by atoms with Crippen LogP contribution in [0.4, 0.5) is 11.5 Å². The molecular weight excluding hydrogens is 534 g/mol. The number of nitrogens with zero attached hydrogens (tertiary/aromatic N) is 4. The molecule has 0 radical (unpaired) electrons. The molecule has 3 heterocycles. The number of benzene rings is 2. The van der Waals surface area contributed by atoms with E-state index in [0.717, 1.165) is 68.3 Å². The van der Waals surface area contributed by atoms with E-state index >= 15 is 0 Å². The smallest absolute Gasteiger partial charge is 0.252 e. The van der Waals surface area contributed by atoms with Gasteiger partial charge in [-0.05, 0) is 66.1 Å². The highest BCUT2D eigenvalue weighted by Crippen LogP contribution is 2.43. The molecule has 8 heteroatoms. The Balaban J connectivity index is 1.16. The third kappa shape index (κ3) is 6.16. The quantitative estimate of drug-likeness (QED) is 0.343. The number of rotatable bonds is 7. The van der Waals surface area contributed by atoms with Gasteiger partial charge in [0, 0.05) is 67.7 Å². The van der Waals surface area contributed by atoms with Gasteiger partial charge in [-0.15, -0.1) is 0 Å². The number of anilines is 1. The Morgan fingerprint density at radius 2 is 1.85 bits per heavy atom. The van der Waals surface area contributed by atoms with Crippen molar-refractivity contribution >= 4 is 40.8 Å². The molecule has 41 heavy (non-hydrogen) atoms. The molecule has 0 spiro atoms. The molecule has 1 saturated heterocycles. The molecule has 1 aromatic heterocycles. The number of fused-ring (bicyclic) bond motifs is 1. The number of allylic oxidation sites excluding steroid dienone is 1. The lowest BCUT2D eigenvalue weighted by molar-refractivity contribution is 0.0998. The number of aliphatic imine (C=N–C) groups is 1. The molecule has 7 nitrogen and oxygen atoms in total. The van der Waals surface area contributed by atoms with Crippen molar-refractivity contribution in [1.82, 2.24) is 9.88 Å². The van der Waals surface area contributed by atoms with E-state index in [4.69, 9.17) is 22.1 Å². The van der Waals surface area contributed by atoms with Crippen LogP contribution in [0, 0.1) is 5.41 Å². The predicted octanol–water partition coefficient (Wildman–Crippen LogP) is 6.67. The first-order valence-electron chi connectivity index (χ1n) is 14.3. The summed E-state index contributed by atoms with van der Waals surface area (Å²) in [5.74, 6) is 1.21. The Kier molecular flexibility index (Phi) is 7.58. The van der Waals surface area contributed by atoms with Crippen molar-refractivity contribution in [2.75, 3.05) is 37.6 Å². The van der Waals surface area contributed by atoms with Crippen LogP contribution in [0.1, 0.15) is 54.6 Å². The first kappa shape index (κ1) is 27.5. The van der Waals surface area contributed by atoms with Gasteiger partial charge < -0.3 is 15.4 Å². The summed E-state index contributed by atoms with van der Waals surface area (Å²) < 4.78 is 6.16. The van der Waals surface area contributed by atoms with Crippen LogP contribution in [0.25, 0.3) is 5.57 Å². The molecule has 1 amide bonds. The number of hydrogen-bond donors (Lipinski definition) is 1. The molecule has 3 aliphatic rings. The van der Waals surface area contributed by atoms with E-state index in [2.05, 4.69) is 45.8 Å². The van der Waals surface area contributed by atoms with Crippen molar-refractivity contribution in [3.05, 3.63) is 82.0 Å². The maximum absolute atomic E-state index is 12.2. The second-order valence-corrected chi connectivity index (χ2v) is 12.4. The molecule has 3 aromatic rings. The number of ether oxygens (including phenoxy) is 1. The van der Waals surface area contributed by atoms with Gasteiger partial charge in [0.2, 0.25) is 0 Å². The number of aromatic nitrogens is 1. The third-order valence-electron chi connectivity index (χ3n) is 8.43. The second kappa shape index (κ2) is 11.3. The number of hydrogen-bond acceptors (Lipinski definition) is 6. The van der Waals surface area contributed by atoms with Crippen LogP contribution < -0.4 is 15.4 Å². The highest BCUT2D eigenvalue weighted by atomic mass is 35.5. The van der Waals surface area contributed by atoms with Crippen LogP contribution in [-0.2, 0) is 6.42 Å². The monoisotopic (exact) mass is 569 g/mol. The van der Waals surface area contributed by atoms with Crippen molar-refractivity contribution < 1.29 is 9.53 Å². The summed E-state index contributed by atoms with van der Waals surface area (Å²) in [7, 11) is 0. The van der Waals surface area contributed by atoms with Gasteiger partial charge in [0.15, 0.2) is 5.82 Å². The van der Waals surface area contributed by atoms with Crippen molar-refractivity contribution in [2.24, 2.45) is 16.1 Å². The van der Waals surface area contributed by atoms with Crippen LogP contribution in [0.3, 0.4) is 0 Å². The van der Waals surface area contributed by atoms with Gasteiger partial charge in [0.1, 0.15) is 11.5 Å². The maximum Gasteiger partial charge on any atom is 0.252 e. The predicted molar refractivity (Wildman–Crippen MR) is 166 cm³/mol. The largest absolute Gasteiger partial charge is 0.455 e. The van der Waals surface area contributed by atoms with Crippen molar-refractivity contribution in [1.29, 1.82) is 0 Å². The van der Waals surface area contributed by atoms with Crippen LogP contribution in [0.15, 0.2) is 65.3 Å². The molecule has 1 fully saturated rings. The van der Waals surface area contributed by atoms with Crippen molar-refractivity contribution in [3.63, 3.8) is 0 Å². The molecule has 2 N–H and O–H groups in total. The van der Waals surface area contributed by atoms with Crippen LogP contribution in [-0.4, -0.2) is 54.7 Å². The number of carbonyl (C=O) groups excluding carboxylic acids is 1. The molecule has 0 atom stereocenters. The number of halogens is 1. The fourth-order valence-corrected chi connectivity index (χ4v) is 6.18. The molecule has 1 aliphatic carbocycles. The number of amides is 1. The molecule has 6 rings (SSSR count). The van der Waals surface area contributed by atoms with E-state index in [1.807, 2.05) is 36.5 Å². The van der Waals surface area contributed by atoms with Gasteiger partial charge in [0.05, 0.1) is 11.8 Å². The maximum atomic E-state index is 12.2. The Labute approximate surface area is 246 Å². The van der Waals surface area contributed by atoms with E-state index in [1.165, 1.54) is 17.6 Å². The summed E-state index contributed by atoms with van der Waals surface area (Å²) in [4.78, 5) is 25.7. The Hall–Kier alpha value is -3.68. The number of primary amides is 1. The zero-order chi connectivity index (χ0) is 28.6.